The molecule has 8 heteroatoms. The van der Waals surface area contributed by atoms with Crippen molar-refractivity contribution in [2.75, 3.05) is 39.8 Å². The van der Waals surface area contributed by atoms with Gasteiger partial charge in [-0.15, -0.1) is 6.58 Å². The molecule has 0 aromatic heterocycles. The lowest BCUT2D eigenvalue weighted by atomic mass is 10.1. The third-order valence-corrected chi connectivity index (χ3v) is 5.97. The van der Waals surface area contributed by atoms with E-state index in [1.54, 1.807) is 13.1 Å². The van der Waals surface area contributed by atoms with Crippen molar-refractivity contribution in [3.8, 4) is 0 Å². The number of imide groups is 1. The predicted octanol–water partition coefficient (Wildman–Crippen LogP) is 0.847. The minimum absolute atomic E-state index is 0.295. The van der Waals surface area contributed by atoms with Crippen LogP contribution in [-0.2, 0) is 11.3 Å². The van der Waals surface area contributed by atoms with E-state index < -0.39 is 18.2 Å². The monoisotopic (exact) mass is 396 g/mol. The Morgan fingerprint density at radius 1 is 1.21 bits per heavy atom. The zero-order valence-electron chi connectivity index (χ0n) is 17.0. The van der Waals surface area contributed by atoms with Gasteiger partial charge in [0.05, 0.1) is 0 Å². The Labute approximate surface area is 171 Å². The Bertz CT molecular complexity index is 845. The maximum absolute atomic E-state index is 12.5. The van der Waals surface area contributed by atoms with Crippen molar-refractivity contribution in [2.45, 2.75) is 25.7 Å². The van der Waals surface area contributed by atoms with Gasteiger partial charge in [0.15, 0.2) is 18.2 Å². The molecule has 154 valence electrons. The zero-order chi connectivity index (χ0) is 20.5. The van der Waals surface area contributed by atoms with Crippen LogP contribution >= 0.6 is 0 Å². The van der Waals surface area contributed by atoms with E-state index in [9.17, 15) is 9.59 Å². The van der Waals surface area contributed by atoms with Crippen molar-refractivity contribution in [3.63, 3.8) is 0 Å². The Kier molecular flexibility index (Phi) is 5.27. The first-order chi connectivity index (χ1) is 14.0. The van der Waals surface area contributed by atoms with Crippen molar-refractivity contribution < 1.29 is 9.59 Å². The van der Waals surface area contributed by atoms with Crippen molar-refractivity contribution in [1.82, 2.24) is 24.9 Å². The Morgan fingerprint density at radius 2 is 1.93 bits per heavy atom. The van der Waals surface area contributed by atoms with Gasteiger partial charge in [0.1, 0.15) is 0 Å². The van der Waals surface area contributed by atoms with Crippen molar-refractivity contribution >= 4 is 17.9 Å². The lowest BCUT2D eigenvalue weighted by Gasteiger charge is -2.40. The Balaban J connectivity index is 1.46. The second kappa shape index (κ2) is 7.87. The summed E-state index contributed by atoms with van der Waals surface area (Å²) in [6.07, 6.45) is 1.28. The fourth-order valence-corrected chi connectivity index (χ4v) is 4.24. The molecule has 8 nitrogen and oxygen atoms in total. The highest BCUT2D eigenvalue weighted by atomic mass is 16.2. The van der Waals surface area contributed by atoms with Gasteiger partial charge in [-0.2, -0.15) is 0 Å². The highest BCUT2D eigenvalue weighted by molar-refractivity contribution is 6.03. The second-order valence-electron chi connectivity index (χ2n) is 7.82. The van der Waals surface area contributed by atoms with Crippen LogP contribution in [0.2, 0.25) is 0 Å². The maximum atomic E-state index is 12.5. The van der Waals surface area contributed by atoms with Crippen LogP contribution in [0.3, 0.4) is 0 Å². The lowest BCUT2D eigenvalue weighted by molar-refractivity contribution is -0.127. The van der Waals surface area contributed by atoms with Crippen LogP contribution in [0.4, 0.5) is 4.79 Å². The molecule has 2 saturated heterocycles. The number of urea groups is 1. The summed E-state index contributed by atoms with van der Waals surface area (Å²) in [5, 5.41) is 2.42. The van der Waals surface area contributed by atoms with Crippen LogP contribution in [0.25, 0.3) is 0 Å². The number of fused-ring (bicyclic) bond motifs is 1. The number of nitrogens with one attached hydrogen (secondary N) is 1. The summed E-state index contributed by atoms with van der Waals surface area (Å²) in [6, 6.07) is 7.59. The molecular weight excluding hydrogens is 368 g/mol. The molecule has 2 unspecified atom stereocenters. The number of amides is 3. The topological polar surface area (TPSA) is 71.5 Å². The Hall–Kier alpha value is -2.87. The van der Waals surface area contributed by atoms with Gasteiger partial charge in [-0.3, -0.25) is 15.0 Å². The highest BCUT2D eigenvalue weighted by Gasteiger charge is 2.49. The smallest absolute Gasteiger partial charge is 0.325 e. The minimum atomic E-state index is -0.504. The van der Waals surface area contributed by atoms with Gasteiger partial charge >= 0.3 is 6.03 Å². The molecule has 2 fully saturated rings. The van der Waals surface area contributed by atoms with Gasteiger partial charge in [-0.1, -0.05) is 30.3 Å². The third kappa shape index (κ3) is 3.60. The van der Waals surface area contributed by atoms with Crippen LogP contribution in [0.5, 0.6) is 0 Å². The molecule has 3 aliphatic rings. The summed E-state index contributed by atoms with van der Waals surface area (Å²) in [5.74, 6) is 0.490. The highest BCUT2D eigenvalue weighted by Crippen LogP contribution is 2.26. The minimum Gasteiger partial charge on any atom is -0.340 e. The number of guanidine groups is 1. The molecule has 0 radical (unpaired) electrons. The van der Waals surface area contributed by atoms with E-state index in [0.717, 1.165) is 38.7 Å². The SMILES string of the molecule is C=CCN1C(N2CCN(Cc3ccccc3C)CC2)=NC2C1C(=O)NC(=O)N2C. The van der Waals surface area contributed by atoms with E-state index in [2.05, 4.69) is 52.9 Å². The molecule has 4 rings (SSSR count). The summed E-state index contributed by atoms with van der Waals surface area (Å²) in [6.45, 7) is 10.9. The number of hydrogen-bond donors (Lipinski definition) is 1. The maximum Gasteiger partial charge on any atom is 0.325 e. The average Bonchev–Trinajstić information content (AvgIpc) is 3.09. The van der Waals surface area contributed by atoms with Crippen molar-refractivity contribution in [1.29, 1.82) is 0 Å². The molecule has 3 aliphatic heterocycles. The fourth-order valence-electron chi connectivity index (χ4n) is 4.24. The summed E-state index contributed by atoms with van der Waals surface area (Å²) in [4.78, 5) is 37.4. The average molecular weight is 396 g/mol. The molecular formula is C21H28N6O2. The molecule has 1 aromatic carbocycles. The van der Waals surface area contributed by atoms with E-state index in [1.807, 2.05) is 4.90 Å². The van der Waals surface area contributed by atoms with E-state index in [1.165, 1.54) is 16.0 Å². The number of aryl methyl sites for hydroxylation is 1. The zero-order valence-corrected chi connectivity index (χ0v) is 17.0. The number of nitrogens with zero attached hydrogens (tertiary/aromatic N) is 5. The molecule has 3 amide bonds. The molecule has 0 bridgehead atoms. The number of carbonyl (C=O) groups excluding carboxylic acids is 2. The molecule has 0 saturated carbocycles. The van der Waals surface area contributed by atoms with Crippen LogP contribution < -0.4 is 5.32 Å². The van der Waals surface area contributed by atoms with Gasteiger partial charge in [0.25, 0.3) is 5.91 Å². The molecule has 2 atom stereocenters. The molecule has 1 N–H and O–H groups in total. The molecule has 3 heterocycles. The standard InChI is InChI=1S/C21H28N6O2/c1-4-9-27-17-18(24(3)21(29)23-19(17)28)22-20(27)26-12-10-25(11-13-26)14-16-8-6-5-7-15(16)2/h4-8,17-18H,1,9-14H2,2-3H3,(H,23,28,29). The number of benzene rings is 1. The van der Waals surface area contributed by atoms with E-state index >= 15 is 0 Å². The molecule has 0 aliphatic carbocycles. The van der Waals surface area contributed by atoms with Gasteiger partial charge in [0, 0.05) is 46.3 Å². The first-order valence-corrected chi connectivity index (χ1v) is 10.0. The first kappa shape index (κ1) is 19.4. The molecule has 1 aromatic rings. The van der Waals surface area contributed by atoms with Gasteiger partial charge in [-0.05, 0) is 18.1 Å². The molecule has 0 spiro atoms. The van der Waals surface area contributed by atoms with Crippen LogP contribution in [0, 0.1) is 6.92 Å². The summed E-state index contributed by atoms with van der Waals surface area (Å²) in [7, 11) is 1.68. The van der Waals surface area contributed by atoms with Crippen molar-refractivity contribution in [2.24, 2.45) is 4.99 Å². The predicted molar refractivity (Wildman–Crippen MR) is 111 cm³/mol. The fraction of sp³-hybridized carbons (Fsp3) is 0.476. The van der Waals surface area contributed by atoms with Crippen molar-refractivity contribution in [3.05, 3.63) is 48.0 Å². The number of aliphatic imine (C=N–C) groups is 1. The quantitative estimate of drug-likeness (QED) is 0.764. The number of piperazine rings is 1. The normalized spacial score (nSPS) is 25.0. The number of rotatable bonds is 4. The summed E-state index contributed by atoms with van der Waals surface area (Å²) in [5.41, 5.74) is 2.67. The molecule has 29 heavy (non-hydrogen) atoms. The summed E-state index contributed by atoms with van der Waals surface area (Å²) >= 11 is 0. The number of likely N-dealkylation sites (N-methyl/N-ethyl adjacent to an activating group) is 1. The van der Waals surface area contributed by atoms with Gasteiger partial charge in [-0.25, -0.2) is 9.79 Å². The summed E-state index contributed by atoms with van der Waals surface area (Å²) < 4.78 is 0. The third-order valence-electron chi connectivity index (χ3n) is 5.97. The number of hydrogen-bond acceptors (Lipinski definition) is 6. The van der Waals surface area contributed by atoms with Crippen LogP contribution in [0.15, 0.2) is 41.9 Å². The number of carbonyl (C=O) groups is 2. The van der Waals surface area contributed by atoms with Gasteiger partial charge in [0.2, 0.25) is 0 Å². The Morgan fingerprint density at radius 3 is 2.62 bits per heavy atom. The lowest BCUT2D eigenvalue weighted by Crippen LogP contribution is -2.64. The van der Waals surface area contributed by atoms with E-state index in [4.69, 9.17) is 4.99 Å². The first-order valence-electron chi connectivity index (χ1n) is 10.0. The van der Waals surface area contributed by atoms with Gasteiger partial charge < -0.3 is 14.7 Å². The van der Waals surface area contributed by atoms with E-state index in [-0.39, 0.29) is 5.91 Å². The second-order valence-corrected chi connectivity index (χ2v) is 7.82. The van der Waals surface area contributed by atoms with Crippen LogP contribution in [0.1, 0.15) is 11.1 Å². The largest absolute Gasteiger partial charge is 0.340 e. The van der Waals surface area contributed by atoms with Crippen LogP contribution in [-0.4, -0.2) is 89.5 Å². The van der Waals surface area contributed by atoms with E-state index in [0.29, 0.717) is 6.54 Å².